The number of carbonyl (C=O) groups excluding carboxylic acids is 2. The van der Waals surface area contributed by atoms with Crippen LogP contribution < -0.4 is 15.2 Å². The molecule has 1 aliphatic rings. The molecule has 3 aromatic rings. The fraction of sp³-hybridized carbons (Fsp3) is 0.167. The van der Waals surface area contributed by atoms with Crippen molar-refractivity contribution < 1.29 is 23.5 Å². The SMILES string of the molecule is Cc1c(OCc2ccc(C(N)=O)cc2)ccc2c1OC(c1cccc(F)c1)CC2=O. The second-order valence-corrected chi connectivity index (χ2v) is 7.20. The van der Waals surface area contributed by atoms with Gasteiger partial charge in [0.15, 0.2) is 5.78 Å². The number of primary amides is 1. The lowest BCUT2D eigenvalue weighted by Gasteiger charge is -2.27. The molecule has 5 nitrogen and oxygen atoms in total. The van der Waals surface area contributed by atoms with Crippen LogP contribution in [0.4, 0.5) is 4.39 Å². The molecule has 6 heteroatoms. The van der Waals surface area contributed by atoms with Crippen LogP contribution in [0.1, 0.15) is 49.9 Å². The first-order valence-electron chi connectivity index (χ1n) is 9.53. The highest BCUT2D eigenvalue weighted by Crippen LogP contribution is 2.40. The summed E-state index contributed by atoms with van der Waals surface area (Å²) in [6, 6.07) is 16.4. The maximum absolute atomic E-state index is 13.6. The van der Waals surface area contributed by atoms with Crippen LogP contribution in [-0.4, -0.2) is 11.7 Å². The fourth-order valence-corrected chi connectivity index (χ4v) is 3.48. The second-order valence-electron chi connectivity index (χ2n) is 7.20. The predicted molar refractivity (Wildman–Crippen MR) is 109 cm³/mol. The first kappa shape index (κ1) is 19.6. The molecular formula is C24H20FNO4. The lowest BCUT2D eigenvalue weighted by Crippen LogP contribution is -2.21. The molecule has 1 atom stereocenters. The topological polar surface area (TPSA) is 78.6 Å². The van der Waals surface area contributed by atoms with E-state index in [9.17, 15) is 14.0 Å². The highest BCUT2D eigenvalue weighted by atomic mass is 19.1. The summed E-state index contributed by atoms with van der Waals surface area (Å²) in [5.41, 5.74) is 8.37. The largest absolute Gasteiger partial charge is 0.488 e. The van der Waals surface area contributed by atoms with E-state index in [2.05, 4.69) is 0 Å². The smallest absolute Gasteiger partial charge is 0.248 e. The third kappa shape index (κ3) is 3.89. The van der Waals surface area contributed by atoms with Gasteiger partial charge in [0, 0.05) is 11.1 Å². The van der Waals surface area contributed by atoms with Gasteiger partial charge in [-0.25, -0.2) is 4.39 Å². The molecule has 0 saturated carbocycles. The Morgan fingerprint density at radius 1 is 1.17 bits per heavy atom. The standard InChI is InChI=1S/C24H20FNO4/c1-14-21(29-13-15-5-7-16(8-6-15)24(26)28)10-9-19-20(27)12-22(30-23(14)19)17-3-2-4-18(25)11-17/h2-11,22H,12-13H2,1H3,(H2,26,28). The van der Waals surface area contributed by atoms with Crippen molar-refractivity contribution in [2.75, 3.05) is 0 Å². The van der Waals surface area contributed by atoms with Gasteiger partial charge in [-0.1, -0.05) is 24.3 Å². The minimum absolute atomic E-state index is 0.0535. The first-order valence-corrected chi connectivity index (χ1v) is 9.53. The third-order valence-electron chi connectivity index (χ3n) is 5.14. The van der Waals surface area contributed by atoms with Crippen LogP contribution in [-0.2, 0) is 6.61 Å². The average molecular weight is 405 g/mol. The molecule has 0 saturated heterocycles. The van der Waals surface area contributed by atoms with Crippen molar-refractivity contribution in [3.63, 3.8) is 0 Å². The molecule has 0 radical (unpaired) electrons. The van der Waals surface area contributed by atoms with Crippen molar-refractivity contribution in [1.29, 1.82) is 0 Å². The number of Topliss-reactive ketones (excluding diaryl/α,β-unsaturated/α-hetero) is 1. The van der Waals surface area contributed by atoms with Crippen molar-refractivity contribution in [3.8, 4) is 11.5 Å². The molecular weight excluding hydrogens is 385 g/mol. The monoisotopic (exact) mass is 405 g/mol. The summed E-state index contributed by atoms with van der Waals surface area (Å²) in [5.74, 6) is 0.137. The molecule has 3 aromatic carbocycles. The number of ketones is 1. The molecule has 1 heterocycles. The molecule has 4 rings (SSSR count). The quantitative estimate of drug-likeness (QED) is 0.677. The van der Waals surface area contributed by atoms with Crippen LogP contribution in [0.3, 0.4) is 0 Å². The third-order valence-corrected chi connectivity index (χ3v) is 5.14. The Morgan fingerprint density at radius 3 is 2.63 bits per heavy atom. The van der Waals surface area contributed by atoms with E-state index in [0.29, 0.717) is 33.8 Å². The lowest BCUT2D eigenvalue weighted by atomic mass is 9.94. The van der Waals surface area contributed by atoms with E-state index in [1.165, 1.54) is 12.1 Å². The molecule has 0 aliphatic carbocycles. The number of rotatable bonds is 5. The number of fused-ring (bicyclic) bond motifs is 1. The zero-order valence-electron chi connectivity index (χ0n) is 16.4. The molecule has 0 bridgehead atoms. The van der Waals surface area contributed by atoms with Gasteiger partial charge >= 0.3 is 0 Å². The minimum atomic E-state index is -0.545. The molecule has 1 aliphatic heterocycles. The van der Waals surface area contributed by atoms with Crippen LogP contribution in [0.2, 0.25) is 0 Å². The summed E-state index contributed by atoms with van der Waals surface area (Å²) in [4.78, 5) is 23.8. The molecule has 152 valence electrons. The van der Waals surface area contributed by atoms with Crippen molar-refractivity contribution >= 4 is 11.7 Å². The van der Waals surface area contributed by atoms with E-state index in [1.807, 2.05) is 6.92 Å². The Labute approximate surface area is 173 Å². The number of nitrogens with two attached hydrogens (primary N) is 1. The van der Waals surface area contributed by atoms with Gasteiger partial charge in [-0.3, -0.25) is 9.59 Å². The van der Waals surface area contributed by atoms with Crippen molar-refractivity contribution in [2.45, 2.75) is 26.1 Å². The number of benzene rings is 3. The van der Waals surface area contributed by atoms with Crippen LogP contribution in [0.25, 0.3) is 0 Å². The molecule has 0 fully saturated rings. The molecule has 1 amide bonds. The summed E-state index contributed by atoms with van der Waals surface area (Å²) >= 11 is 0. The van der Waals surface area contributed by atoms with Gasteiger partial charge < -0.3 is 15.2 Å². The van der Waals surface area contributed by atoms with Crippen molar-refractivity contribution in [2.24, 2.45) is 5.73 Å². The van der Waals surface area contributed by atoms with Crippen molar-refractivity contribution in [3.05, 3.63) is 94.3 Å². The highest BCUT2D eigenvalue weighted by molar-refractivity contribution is 6.00. The first-order chi connectivity index (χ1) is 14.4. The van der Waals surface area contributed by atoms with Crippen LogP contribution in [0.15, 0.2) is 60.7 Å². The maximum atomic E-state index is 13.6. The second kappa shape index (κ2) is 7.99. The van der Waals surface area contributed by atoms with E-state index in [0.717, 1.165) is 5.56 Å². The van der Waals surface area contributed by atoms with Gasteiger partial charge in [-0.05, 0) is 54.4 Å². The summed E-state index contributed by atoms with van der Waals surface area (Å²) < 4.78 is 25.6. The number of amides is 1. The maximum Gasteiger partial charge on any atom is 0.248 e. The van der Waals surface area contributed by atoms with Gasteiger partial charge in [0.05, 0.1) is 12.0 Å². The van der Waals surface area contributed by atoms with Crippen LogP contribution in [0, 0.1) is 12.7 Å². The highest BCUT2D eigenvalue weighted by Gasteiger charge is 2.30. The lowest BCUT2D eigenvalue weighted by molar-refractivity contribution is 0.0846. The predicted octanol–water partition coefficient (Wildman–Crippen LogP) is 4.52. The Bertz CT molecular complexity index is 1120. The van der Waals surface area contributed by atoms with E-state index in [1.54, 1.807) is 48.5 Å². The normalized spacial score (nSPS) is 15.3. The summed E-state index contributed by atoms with van der Waals surface area (Å²) in [7, 11) is 0. The summed E-state index contributed by atoms with van der Waals surface area (Å²) in [5, 5.41) is 0. The van der Waals surface area contributed by atoms with Crippen LogP contribution >= 0.6 is 0 Å². The van der Waals surface area contributed by atoms with Gasteiger partial charge in [-0.15, -0.1) is 0 Å². The zero-order valence-corrected chi connectivity index (χ0v) is 16.4. The molecule has 0 aromatic heterocycles. The Hall–Kier alpha value is -3.67. The van der Waals surface area contributed by atoms with E-state index in [4.69, 9.17) is 15.2 Å². The Morgan fingerprint density at radius 2 is 1.93 bits per heavy atom. The number of carbonyl (C=O) groups is 2. The number of ether oxygens (including phenoxy) is 2. The van der Waals surface area contributed by atoms with Gasteiger partial charge in [0.25, 0.3) is 0 Å². The van der Waals surface area contributed by atoms with E-state index in [-0.39, 0.29) is 24.6 Å². The van der Waals surface area contributed by atoms with Crippen molar-refractivity contribution in [1.82, 2.24) is 0 Å². The molecule has 0 spiro atoms. The van der Waals surface area contributed by atoms with Gasteiger partial charge in [-0.2, -0.15) is 0 Å². The van der Waals surface area contributed by atoms with E-state index < -0.39 is 12.0 Å². The van der Waals surface area contributed by atoms with Gasteiger partial charge in [0.1, 0.15) is 30.0 Å². The molecule has 1 unspecified atom stereocenters. The summed E-state index contributed by atoms with van der Waals surface area (Å²) in [6.07, 6.45) is -0.390. The van der Waals surface area contributed by atoms with Crippen LogP contribution in [0.5, 0.6) is 11.5 Å². The summed E-state index contributed by atoms with van der Waals surface area (Å²) in [6.45, 7) is 2.10. The Balaban J connectivity index is 1.55. The zero-order chi connectivity index (χ0) is 21.3. The van der Waals surface area contributed by atoms with E-state index >= 15 is 0 Å². The minimum Gasteiger partial charge on any atom is -0.488 e. The number of hydrogen-bond acceptors (Lipinski definition) is 4. The number of hydrogen-bond donors (Lipinski definition) is 1. The molecule has 30 heavy (non-hydrogen) atoms. The van der Waals surface area contributed by atoms with Gasteiger partial charge in [0.2, 0.25) is 5.91 Å². The number of halogens is 1. The Kier molecular flexibility index (Phi) is 5.23. The average Bonchev–Trinajstić information content (AvgIpc) is 2.74. The molecule has 2 N–H and O–H groups in total. The fourth-order valence-electron chi connectivity index (χ4n) is 3.48.